The van der Waals surface area contributed by atoms with Gasteiger partial charge in [-0.3, -0.25) is 9.69 Å². The van der Waals surface area contributed by atoms with Crippen molar-refractivity contribution in [2.75, 3.05) is 11.9 Å². The van der Waals surface area contributed by atoms with Crippen LogP contribution >= 0.6 is 11.6 Å². The molecule has 0 radical (unpaired) electrons. The summed E-state index contributed by atoms with van der Waals surface area (Å²) in [7, 11) is 0. The van der Waals surface area contributed by atoms with Gasteiger partial charge in [-0.1, -0.05) is 11.6 Å². The first-order valence-corrected chi connectivity index (χ1v) is 7.93. The molecule has 2 fully saturated rings. The van der Waals surface area contributed by atoms with Crippen molar-refractivity contribution in [2.45, 2.75) is 44.7 Å². The largest absolute Gasteiger partial charge is 0.322 e. The van der Waals surface area contributed by atoms with Crippen LogP contribution in [0.2, 0.25) is 5.02 Å². The molecule has 2 aliphatic carbocycles. The molecule has 0 saturated heterocycles. The summed E-state index contributed by atoms with van der Waals surface area (Å²) >= 11 is 5.84. The number of nitrogens with zero attached hydrogens (tertiary/aromatic N) is 1. The number of carbonyl (C=O) groups excluding carboxylic acids is 1. The van der Waals surface area contributed by atoms with E-state index in [9.17, 15) is 9.18 Å². The number of benzene rings is 1. The van der Waals surface area contributed by atoms with Crippen molar-refractivity contribution in [1.29, 1.82) is 0 Å². The van der Waals surface area contributed by atoms with Crippen LogP contribution < -0.4 is 5.32 Å². The molecule has 0 aromatic heterocycles. The molecule has 0 heterocycles. The van der Waals surface area contributed by atoms with Crippen LogP contribution in [0.5, 0.6) is 0 Å². The number of carbonyl (C=O) groups is 1. The van der Waals surface area contributed by atoms with Gasteiger partial charge in [0.1, 0.15) is 5.82 Å². The van der Waals surface area contributed by atoms with E-state index >= 15 is 0 Å². The molecule has 1 atom stereocenters. The Hall–Kier alpha value is -1.13. The standard InChI is InChI=1S/C16H20ClFN2O/c1-10(11-2-3-11)20(13-5-6-13)9-16(21)19-15-8-12(17)4-7-14(15)18/h4,7-8,10-11,13H,2-3,5-6,9H2,1H3,(H,19,21). The van der Waals surface area contributed by atoms with E-state index in [-0.39, 0.29) is 11.6 Å². The van der Waals surface area contributed by atoms with Gasteiger partial charge in [-0.15, -0.1) is 0 Å². The van der Waals surface area contributed by atoms with Crippen LogP contribution in [0.25, 0.3) is 0 Å². The first-order chi connectivity index (χ1) is 10.0. The van der Waals surface area contributed by atoms with E-state index in [2.05, 4.69) is 17.1 Å². The minimum atomic E-state index is -0.457. The van der Waals surface area contributed by atoms with Crippen LogP contribution in [0, 0.1) is 11.7 Å². The van der Waals surface area contributed by atoms with Crippen LogP contribution in [-0.2, 0) is 4.79 Å². The minimum Gasteiger partial charge on any atom is -0.322 e. The Balaban J connectivity index is 1.63. The van der Waals surface area contributed by atoms with Crippen molar-refractivity contribution in [3.8, 4) is 0 Å². The molecule has 0 aliphatic heterocycles. The van der Waals surface area contributed by atoms with Crippen LogP contribution in [0.15, 0.2) is 18.2 Å². The van der Waals surface area contributed by atoms with Gasteiger partial charge in [-0.05, 0) is 56.7 Å². The Kier molecular flexibility index (Phi) is 4.18. The second-order valence-electron chi connectivity index (χ2n) is 6.15. The highest BCUT2D eigenvalue weighted by Gasteiger charge is 2.39. The summed E-state index contributed by atoms with van der Waals surface area (Å²) in [5, 5.41) is 3.05. The summed E-state index contributed by atoms with van der Waals surface area (Å²) in [5.41, 5.74) is 0.155. The lowest BCUT2D eigenvalue weighted by Gasteiger charge is -2.28. The number of hydrogen-bond donors (Lipinski definition) is 1. The zero-order chi connectivity index (χ0) is 15.0. The molecule has 0 spiro atoms. The Morgan fingerprint density at radius 3 is 2.76 bits per heavy atom. The summed E-state index contributed by atoms with van der Waals surface area (Å²) in [5.74, 6) is 0.0952. The molecule has 1 N–H and O–H groups in total. The fraction of sp³-hybridized carbons (Fsp3) is 0.562. The van der Waals surface area contributed by atoms with Gasteiger partial charge in [-0.2, -0.15) is 0 Å². The molecule has 3 nitrogen and oxygen atoms in total. The van der Waals surface area contributed by atoms with Gasteiger partial charge < -0.3 is 5.32 Å². The molecule has 21 heavy (non-hydrogen) atoms. The van der Waals surface area contributed by atoms with E-state index in [4.69, 9.17) is 11.6 Å². The Labute approximate surface area is 129 Å². The third-order valence-electron chi connectivity index (χ3n) is 4.37. The normalized spacial score (nSPS) is 19.6. The van der Waals surface area contributed by atoms with Crippen LogP contribution in [0.1, 0.15) is 32.6 Å². The van der Waals surface area contributed by atoms with Crippen molar-refractivity contribution in [1.82, 2.24) is 4.90 Å². The average molecular weight is 311 g/mol. The topological polar surface area (TPSA) is 32.3 Å². The highest BCUT2D eigenvalue weighted by atomic mass is 35.5. The minimum absolute atomic E-state index is 0.155. The lowest BCUT2D eigenvalue weighted by molar-refractivity contribution is -0.118. The van der Waals surface area contributed by atoms with Crippen molar-refractivity contribution >= 4 is 23.2 Å². The molecule has 5 heteroatoms. The summed E-state index contributed by atoms with van der Waals surface area (Å²) in [4.78, 5) is 14.5. The molecule has 114 valence electrons. The maximum Gasteiger partial charge on any atom is 0.238 e. The van der Waals surface area contributed by atoms with Crippen molar-refractivity contribution in [3.63, 3.8) is 0 Å². The second kappa shape index (κ2) is 5.93. The van der Waals surface area contributed by atoms with E-state index in [0.717, 1.165) is 18.8 Å². The van der Waals surface area contributed by atoms with Crippen LogP contribution in [0.3, 0.4) is 0 Å². The molecule has 1 aromatic rings. The molecule has 0 bridgehead atoms. The third-order valence-corrected chi connectivity index (χ3v) is 4.61. The monoisotopic (exact) mass is 310 g/mol. The Morgan fingerprint density at radius 1 is 1.43 bits per heavy atom. The van der Waals surface area contributed by atoms with Crippen molar-refractivity contribution in [2.24, 2.45) is 5.92 Å². The Morgan fingerprint density at radius 2 is 2.14 bits per heavy atom. The number of rotatable bonds is 6. The molecular formula is C16H20ClFN2O. The number of amides is 1. The highest BCUT2D eigenvalue weighted by molar-refractivity contribution is 6.30. The second-order valence-corrected chi connectivity index (χ2v) is 6.59. The molecule has 1 unspecified atom stereocenters. The molecule has 2 aliphatic rings. The van der Waals surface area contributed by atoms with Gasteiger partial charge in [0.05, 0.1) is 12.2 Å². The molecular weight excluding hydrogens is 291 g/mol. The smallest absolute Gasteiger partial charge is 0.238 e. The van der Waals surface area contributed by atoms with Gasteiger partial charge in [0.25, 0.3) is 0 Å². The summed E-state index contributed by atoms with van der Waals surface area (Å²) in [6.45, 7) is 2.53. The fourth-order valence-corrected chi connectivity index (χ4v) is 2.98. The predicted octanol–water partition coefficient (Wildman–Crippen LogP) is 3.68. The van der Waals surface area contributed by atoms with E-state index in [1.54, 1.807) is 0 Å². The van der Waals surface area contributed by atoms with Gasteiger partial charge in [0, 0.05) is 17.1 Å². The summed E-state index contributed by atoms with van der Waals surface area (Å²) < 4.78 is 13.6. The van der Waals surface area contributed by atoms with Crippen LogP contribution in [0.4, 0.5) is 10.1 Å². The third kappa shape index (κ3) is 3.74. The lowest BCUT2D eigenvalue weighted by Crippen LogP contribution is -2.42. The number of anilines is 1. The number of nitrogens with one attached hydrogen (secondary N) is 1. The number of hydrogen-bond acceptors (Lipinski definition) is 2. The maximum absolute atomic E-state index is 13.6. The van der Waals surface area contributed by atoms with Crippen LogP contribution in [-0.4, -0.2) is 29.4 Å². The summed E-state index contributed by atoms with van der Waals surface area (Å²) in [6, 6.07) is 5.14. The van der Waals surface area contributed by atoms with Crippen molar-refractivity contribution in [3.05, 3.63) is 29.0 Å². The van der Waals surface area contributed by atoms with E-state index in [1.807, 2.05) is 0 Å². The molecule has 1 amide bonds. The van der Waals surface area contributed by atoms with E-state index < -0.39 is 5.82 Å². The zero-order valence-electron chi connectivity index (χ0n) is 12.1. The SMILES string of the molecule is CC(C1CC1)N(CC(=O)Nc1cc(Cl)ccc1F)C1CC1. The predicted molar refractivity (Wildman–Crippen MR) is 82.0 cm³/mol. The highest BCUT2D eigenvalue weighted by Crippen LogP contribution is 2.39. The van der Waals surface area contributed by atoms with E-state index in [0.29, 0.717) is 23.7 Å². The first-order valence-electron chi connectivity index (χ1n) is 7.55. The summed E-state index contributed by atoms with van der Waals surface area (Å²) in [6.07, 6.45) is 4.84. The molecule has 3 rings (SSSR count). The average Bonchev–Trinajstić information content (AvgIpc) is 3.29. The maximum atomic E-state index is 13.6. The van der Waals surface area contributed by atoms with E-state index in [1.165, 1.54) is 31.0 Å². The van der Waals surface area contributed by atoms with Gasteiger partial charge >= 0.3 is 0 Å². The first kappa shape index (κ1) is 14.8. The fourth-order valence-electron chi connectivity index (χ4n) is 2.81. The quantitative estimate of drug-likeness (QED) is 0.869. The van der Waals surface area contributed by atoms with Crippen molar-refractivity contribution < 1.29 is 9.18 Å². The Bertz CT molecular complexity index is 543. The molecule has 1 aromatic carbocycles. The van der Waals surface area contributed by atoms with Gasteiger partial charge in [0.2, 0.25) is 5.91 Å². The van der Waals surface area contributed by atoms with Gasteiger partial charge in [0.15, 0.2) is 0 Å². The van der Waals surface area contributed by atoms with Gasteiger partial charge in [-0.25, -0.2) is 4.39 Å². The molecule has 2 saturated carbocycles. The number of halogens is 2. The lowest BCUT2D eigenvalue weighted by atomic mass is 10.1. The zero-order valence-corrected chi connectivity index (χ0v) is 12.9.